The Morgan fingerprint density at radius 1 is 1.13 bits per heavy atom. The summed E-state index contributed by atoms with van der Waals surface area (Å²) in [6, 6.07) is 13.9. The summed E-state index contributed by atoms with van der Waals surface area (Å²) in [5.41, 5.74) is 1.62. The number of methoxy groups -OCH3 is 1. The normalized spacial score (nSPS) is 23.5. The van der Waals surface area contributed by atoms with Crippen LogP contribution in [0.25, 0.3) is 0 Å². The molecule has 0 saturated carbocycles. The monoisotopic (exact) mass is 407 g/mol. The number of hydroxylamine groups is 2. The summed E-state index contributed by atoms with van der Waals surface area (Å²) >= 11 is 0. The minimum atomic E-state index is -0.446. The first kappa shape index (κ1) is 18.9. The second-order valence-corrected chi connectivity index (χ2v) is 7.60. The van der Waals surface area contributed by atoms with Gasteiger partial charge in [0, 0.05) is 25.2 Å². The maximum absolute atomic E-state index is 13.3. The SMILES string of the molecule is COc1ccc(CN2OCC3CN(c4ncc(F)cn4)CC32c2ccccn2)cc1. The van der Waals surface area contributed by atoms with Crippen LogP contribution in [0.15, 0.2) is 61.1 Å². The zero-order valence-electron chi connectivity index (χ0n) is 16.6. The highest BCUT2D eigenvalue weighted by Crippen LogP contribution is 2.47. The summed E-state index contributed by atoms with van der Waals surface area (Å²) in [6.45, 7) is 2.50. The Hall–Kier alpha value is -3.10. The summed E-state index contributed by atoms with van der Waals surface area (Å²) in [7, 11) is 1.66. The molecule has 2 aromatic heterocycles. The number of aromatic nitrogens is 3. The molecule has 5 rings (SSSR count). The molecule has 2 fully saturated rings. The van der Waals surface area contributed by atoms with E-state index in [0.29, 0.717) is 32.2 Å². The number of nitrogens with zero attached hydrogens (tertiary/aromatic N) is 5. The van der Waals surface area contributed by atoms with Crippen molar-refractivity contribution >= 4 is 5.95 Å². The van der Waals surface area contributed by atoms with Gasteiger partial charge in [-0.25, -0.2) is 14.4 Å². The lowest BCUT2D eigenvalue weighted by Gasteiger charge is -2.35. The zero-order chi connectivity index (χ0) is 20.6. The van der Waals surface area contributed by atoms with Gasteiger partial charge in [0.05, 0.1) is 38.3 Å². The van der Waals surface area contributed by atoms with E-state index in [4.69, 9.17) is 9.57 Å². The van der Waals surface area contributed by atoms with Crippen LogP contribution in [-0.4, -0.2) is 46.8 Å². The molecule has 2 atom stereocenters. The molecule has 4 heterocycles. The summed E-state index contributed by atoms with van der Waals surface area (Å²) in [5.74, 6) is 1.07. The van der Waals surface area contributed by atoms with Crippen molar-refractivity contribution in [3.8, 4) is 5.75 Å². The Labute approximate surface area is 174 Å². The van der Waals surface area contributed by atoms with Crippen LogP contribution in [0.1, 0.15) is 11.3 Å². The maximum atomic E-state index is 13.3. The molecule has 0 bridgehead atoms. The van der Waals surface area contributed by atoms with Crippen molar-refractivity contribution in [3.63, 3.8) is 0 Å². The predicted octanol–water partition coefficient (Wildman–Crippen LogP) is 2.80. The molecule has 30 heavy (non-hydrogen) atoms. The molecule has 2 saturated heterocycles. The van der Waals surface area contributed by atoms with E-state index < -0.39 is 11.4 Å². The smallest absolute Gasteiger partial charge is 0.225 e. The molecule has 0 amide bonds. The van der Waals surface area contributed by atoms with Crippen LogP contribution in [0.4, 0.5) is 10.3 Å². The van der Waals surface area contributed by atoms with E-state index in [1.807, 2.05) is 53.7 Å². The van der Waals surface area contributed by atoms with Crippen molar-refractivity contribution < 1.29 is 14.0 Å². The minimum absolute atomic E-state index is 0.180. The lowest BCUT2D eigenvalue weighted by atomic mass is 9.84. The van der Waals surface area contributed by atoms with Gasteiger partial charge in [0.15, 0.2) is 5.82 Å². The number of fused-ring (bicyclic) bond motifs is 1. The quantitative estimate of drug-likeness (QED) is 0.644. The summed E-state index contributed by atoms with van der Waals surface area (Å²) in [6.07, 6.45) is 4.22. The summed E-state index contributed by atoms with van der Waals surface area (Å²) in [4.78, 5) is 21.3. The van der Waals surface area contributed by atoms with Crippen LogP contribution in [-0.2, 0) is 16.9 Å². The lowest BCUT2D eigenvalue weighted by Crippen LogP contribution is -2.46. The third-order valence-electron chi connectivity index (χ3n) is 5.91. The van der Waals surface area contributed by atoms with Crippen molar-refractivity contribution in [2.75, 3.05) is 31.7 Å². The summed E-state index contributed by atoms with van der Waals surface area (Å²) < 4.78 is 18.6. The van der Waals surface area contributed by atoms with Crippen LogP contribution in [0, 0.1) is 11.7 Å². The average molecular weight is 407 g/mol. The van der Waals surface area contributed by atoms with Gasteiger partial charge in [-0.3, -0.25) is 9.82 Å². The maximum Gasteiger partial charge on any atom is 0.225 e. The molecular formula is C22H22FN5O2. The fourth-order valence-corrected chi connectivity index (χ4v) is 4.41. The van der Waals surface area contributed by atoms with E-state index in [9.17, 15) is 4.39 Å². The number of anilines is 1. The van der Waals surface area contributed by atoms with Gasteiger partial charge >= 0.3 is 0 Å². The molecule has 1 aromatic carbocycles. The first-order valence-corrected chi connectivity index (χ1v) is 9.86. The van der Waals surface area contributed by atoms with Gasteiger partial charge in [0.2, 0.25) is 5.95 Å². The van der Waals surface area contributed by atoms with Gasteiger partial charge in [-0.1, -0.05) is 18.2 Å². The first-order chi connectivity index (χ1) is 14.7. The molecule has 154 valence electrons. The number of benzene rings is 1. The van der Waals surface area contributed by atoms with Crippen LogP contribution < -0.4 is 9.64 Å². The van der Waals surface area contributed by atoms with Crippen molar-refractivity contribution in [2.24, 2.45) is 5.92 Å². The Balaban J connectivity index is 1.49. The van der Waals surface area contributed by atoms with Gasteiger partial charge < -0.3 is 9.64 Å². The molecule has 3 aromatic rings. The van der Waals surface area contributed by atoms with Crippen LogP contribution >= 0.6 is 0 Å². The minimum Gasteiger partial charge on any atom is -0.497 e. The number of rotatable bonds is 5. The van der Waals surface area contributed by atoms with Gasteiger partial charge in [-0.2, -0.15) is 5.06 Å². The zero-order valence-corrected chi connectivity index (χ0v) is 16.6. The Kier molecular flexibility index (Phi) is 4.80. The van der Waals surface area contributed by atoms with Gasteiger partial charge in [0.1, 0.15) is 11.3 Å². The van der Waals surface area contributed by atoms with E-state index in [1.54, 1.807) is 7.11 Å². The van der Waals surface area contributed by atoms with E-state index in [1.165, 1.54) is 12.4 Å². The van der Waals surface area contributed by atoms with Crippen LogP contribution in [0.2, 0.25) is 0 Å². The van der Waals surface area contributed by atoms with Crippen molar-refractivity contribution in [2.45, 2.75) is 12.1 Å². The topological polar surface area (TPSA) is 63.6 Å². The molecule has 0 radical (unpaired) electrons. The fraction of sp³-hybridized carbons (Fsp3) is 0.318. The van der Waals surface area contributed by atoms with Gasteiger partial charge in [-0.15, -0.1) is 0 Å². The number of ether oxygens (including phenoxy) is 1. The summed E-state index contributed by atoms with van der Waals surface area (Å²) in [5, 5.41) is 2.03. The molecule has 0 N–H and O–H groups in total. The lowest BCUT2D eigenvalue weighted by molar-refractivity contribution is -0.173. The number of pyridine rings is 1. The molecule has 8 heteroatoms. The van der Waals surface area contributed by atoms with Crippen LogP contribution in [0.3, 0.4) is 0 Å². The number of hydrogen-bond donors (Lipinski definition) is 0. The molecular weight excluding hydrogens is 385 g/mol. The Morgan fingerprint density at radius 2 is 1.93 bits per heavy atom. The molecule has 2 unspecified atom stereocenters. The van der Waals surface area contributed by atoms with Crippen molar-refractivity contribution in [1.82, 2.24) is 20.0 Å². The second kappa shape index (κ2) is 7.62. The highest BCUT2D eigenvalue weighted by atomic mass is 19.1. The van der Waals surface area contributed by atoms with Crippen LogP contribution in [0.5, 0.6) is 5.75 Å². The van der Waals surface area contributed by atoms with Gasteiger partial charge in [0.25, 0.3) is 0 Å². The van der Waals surface area contributed by atoms with E-state index in [2.05, 4.69) is 19.9 Å². The largest absolute Gasteiger partial charge is 0.497 e. The average Bonchev–Trinajstić information content (AvgIpc) is 3.33. The number of hydrogen-bond acceptors (Lipinski definition) is 7. The third-order valence-corrected chi connectivity index (χ3v) is 5.91. The third kappa shape index (κ3) is 3.18. The van der Waals surface area contributed by atoms with E-state index >= 15 is 0 Å². The Morgan fingerprint density at radius 3 is 2.63 bits per heavy atom. The number of halogens is 1. The molecule has 0 spiro atoms. The predicted molar refractivity (Wildman–Crippen MR) is 108 cm³/mol. The molecule has 0 aliphatic carbocycles. The second-order valence-electron chi connectivity index (χ2n) is 7.60. The highest BCUT2D eigenvalue weighted by molar-refractivity contribution is 5.38. The molecule has 2 aliphatic heterocycles. The standard InChI is InChI=1S/C22H22FN5O2/c1-29-19-7-5-16(6-8-19)12-28-22(20-4-2-3-9-24-20)15-27(13-17(22)14-30-28)21-25-10-18(23)11-26-21/h2-11,17H,12-15H2,1H3. The van der Waals surface area contributed by atoms with Gasteiger partial charge in [-0.05, 0) is 29.8 Å². The van der Waals surface area contributed by atoms with E-state index in [0.717, 1.165) is 17.0 Å². The molecule has 2 aliphatic rings. The van der Waals surface area contributed by atoms with E-state index in [-0.39, 0.29) is 5.92 Å². The molecule has 7 nitrogen and oxygen atoms in total. The van der Waals surface area contributed by atoms with Crippen molar-refractivity contribution in [1.29, 1.82) is 0 Å². The van der Waals surface area contributed by atoms with Crippen molar-refractivity contribution in [3.05, 3.63) is 78.1 Å². The Bertz CT molecular complexity index is 1000. The fourth-order valence-electron chi connectivity index (χ4n) is 4.41. The highest BCUT2D eigenvalue weighted by Gasteiger charge is 2.58. The first-order valence-electron chi connectivity index (χ1n) is 9.86.